The van der Waals surface area contributed by atoms with Gasteiger partial charge in [-0.25, -0.2) is 4.98 Å². The standard InChI is InChI=1S/C19H22N2O3/c22-19(17-12-23-18(21-17)11-13-5-6-13)20-14-7-9-16(10-8-14)24-15-3-1-2-4-15/h7-10,12-13,15H,1-6,11H2,(H,20,22). The van der Waals surface area contributed by atoms with E-state index in [2.05, 4.69) is 10.3 Å². The lowest BCUT2D eigenvalue weighted by atomic mass is 10.2. The van der Waals surface area contributed by atoms with Crippen LogP contribution in [0.2, 0.25) is 0 Å². The van der Waals surface area contributed by atoms with Crippen molar-refractivity contribution in [2.45, 2.75) is 51.0 Å². The lowest BCUT2D eigenvalue weighted by molar-refractivity contribution is 0.102. The van der Waals surface area contributed by atoms with E-state index in [1.807, 2.05) is 24.3 Å². The van der Waals surface area contributed by atoms with Gasteiger partial charge in [-0.05, 0) is 68.7 Å². The van der Waals surface area contributed by atoms with Gasteiger partial charge in [-0.1, -0.05) is 0 Å². The van der Waals surface area contributed by atoms with Crippen molar-refractivity contribution in [1.82, 2.24) is 4.98 Å². The summed E-state index contributed by atoms with van der Waals surface area (Å²) in [4.78, 5) is 16.5. The Morgan fingerprint density at radius 1 is 1.17 bits per heavy atom. The van der Waals surface area contributed by atoms with E-state index in [4.69, 9.17) is 9.15 Å². The molecule has 2 aliphatic carbocycles. The van der Waals surface area contributed by atoms with E-state index in [0.717, 1.165) is 30.7 Å². The second-order valence-corrected chi connectivity index (χ2v) is 6.78. The molecule has 24 heavy (non-hydrogen) atoms. The van der Waals surface area contributed by atoms with E-state index in [9.17, 15) is 4.79 Å². The minimum absolute atomic E-state index is 0.245. The summed E-state index contributed by atoms with van der Waals surface area (Å²) in [5.74, 6) is 1.95. The number of hydrogen-bond acceptors (Lipinski definition) is 4. The smallest absolute Gasteiger partial charge is 0.277 e. The largest absolute Gasteiger partial charge is 0.490 e. The third-order valence-corrected chi connectivity index (χ3v) is 4.66. The van der Waals surface area contributed by atoms with Gasteiger partial charge in [0.1, 0.15) is 12.0 Å². The van der Waals surface area contributed by atoms with Crippen LogP contribution in [0.4, 0.5) is 5.69 Å². The van der Waals surface area contributed by atoms with Crippen LogP contribution in [0.1, 0.15) is 54.9 Å². The molecule has 2 aromatic rings. The van der Waals surface area contributed by atoms with Crippen molar-refractivity contribution < 1.29 is 13.9 Å². The highest BCUT2D eigenvalue weighted by Crippen LogP contribution is 2.32. The molecule has 0 radical (unpaired) electrons. The van der Waals surface area contributed by atoms with Crippen LogP contribution < -0.4 is 10.1 Å². The average Bonchev–Trinajstić information content (AvgIpc) is 3.05. The zero-order valence-corrected chi connectivity index (χ0v) is 13.7. The van der Waals surface area contributed by atoms with Crippen LogP contribution in [0, 0.1) is 5.92 Å². The molecule has 0 aliphatic heterocycles. The molecule has 0 atom stereocenters. The number of carbonyl (C=O) groups excluding carboxylic acids is 1. The van der Waals surface area contributed by atoms with Crippen LogP contribution >= 0.6 is 0 Å². The molecule has 1 aromatic heterocycles. The van der Waals surface area contributed by atoms with Crippen molar-refractivity contribution in [3.8, 4) is 5.75 Å². The number of nitrogens with one attached hydrogen (secondary N) is 1. The first-order chi connectivity index (χ1) is 11.8. The van der Waals surface area contributed by atoms with Gasteiger partial charge < -0.3 is 14.5 Å². The van der Waals surface area contributed by atoms with Gasteiger partial charge in [0.15, 0.2) is 11.6 Å². The lowest BCUT2D eigenvalue weighted by Gasteiger charge is -2.13. The maximum absolute atomic E-state index is 12.2. The molecule has 4 rings (SSSR count). The second kappa shape index (κ2) is 6.67. The Bertz CT molecular complexity index is 698. The van der Waals surface area contributed by atoms with Crippen LogP contribution in [-0.4, -0.2) is 17.0 Å². The molecule has 1 heterocycles. The molecule has 2 fully saturated rings. The fourth-order valence-corrected chi connectivity index (χ4v) is 3.09. The Kier molecular flexibility index (Phi) is 4.24. The van der Waals surface area contributed by atoms with Gasteiger partial charge in [-0.15, -0.1) is 0 Å². The predicted molar refractivity (Wildman–Crippen MR) is 90.2 cm³/mol. The summed E-state index contributed by atoms with van der Waals surface area (Å²) in [5.41, 5.74) is 1.06. The quantitative estimate of drug-likeness (QED) is 0.864. The van der Waals surface area contributed by atoms with Crippen molar-refractivity contribution in [3.63, 3.8) is 0 Å². The monoisotopic (exact) mass is 326 g/mol. The first-order valence-corrected chi connectivity index (χ1v) is 8.79. The summed E-state index contributed by atoms with van der Waals surface area (Å²) >= 11 is 0. The molecule has 1 N–H and O–H groups in total. The number of anilines is 1. The van der Waals surface area contributed by atoms with E-state index < -0.39 is 0 Å². The maximum atomic E-state index is 12.2. The Labute approximate surface area is 141 Å². The molecular formula is C19H22N2O3. The van der Waals surface area contributed by atoms with Crippen molar-refractivity contribution in [2.24, 2.45) is 5.92 Å². The summed E-state index contributed by atoms with van der Waals surface area (Å²) < 4.78 is 11.3. The minimum atomic E-state index is -0.245. The van der Waals surface area contributed by atoms with E-state index >= 15 is 0 Å². The molecule has 5 heteroatoms. The van der Waals surface area contributed by atoms with E-state index in [1.54, 1.807) is 0 Å². The zero-order valence-electron chi connectivity index (χ0n) is 13.7. The molecule has 2 aliphatic rings. The fourth-order valence-electron chi connectivity index (χ4n) is 3.09. The number of rotatable bonds is 6. The highest BCUT2D eigenvalue weighted by molar-refractivity contribution is 6.02. The van der Waals surface area contributed by atoms with Gasteiger partial charge in [0.2, 0.25) is 0 Å². The van der Waals surface area contributed by atoms with Gasteiger partial charge in [0.25, 0.3) is 5.91 Å². The summed E-state index contributed by atoms with van der Waals surface area (Å²) in [7, 11) is 0. The number of hydrogen-bond donors (Lipinski definition) is 1. The Balaban J connectivity index is 1.33. The molecule has 0 bridgehead atoms. The van der Waals surface area contributed by atoms with Gasteiger partial charge in [-0.2, -0.15) is 0 Å². The van der Waals surface area contributed by atoms with E-state index in [-0.39, 0.29) is 5.91 Å². The molecule has 0 saturated heterocycles. The Morgan fingerprint density at radius 3 is 2.62 bits per heavy atom. The molecule has 2 saturated carbocycles. The summed E-state index contributed by atoms with van der Waals surface area (Å²) in [6.45, 7) is 0. The van der Waals surface area contributed by atoms with Gasteiger partial charge >= 0.3 is 0 Å². The lowest BCUT2D eigenvalue weighted by Crippen LogP contribution is -2.13. The third-order valence-electron chi connectivity index (χ3n) is 4.66. The highest BCUT2D eigenvalue weighted by atomic mass is 16.5. The summed E-state index contributed by atoms with van der Waals surface area (Å²) in [5, 5.41) is 2.84. The van der Waals surface area contributed by atoms with E-state index in [0.29, 0.717) is 23.6 Å². The molecular weight excluding hydrogens is 304 g/mol. The molecule has 0 spiro atoms. The Hall–Kier alpha value is -2.30. The van der Waals surface area contributed by atoms with Crippen molar-refractivity contribution >= 4 is 11.6 Å². The maximum Gasteiger partial charge on any atom is 0.277 e. The van der Waals surface area contributed by atoms with Gasteiger partial charge in [0, 0.05) is 12.1 Å². The zero-order chi connectivity index (χ0) is 16.4. The SMILES string of the molecule is O=C(Nc1ccc(OC2CCCC2)cc1)c1coc(CC2CC2)n1. The average molecular weight is 326 g/mol. The number of ether oxygens (including phenoxy) is 1. The number of benzene rings is 1. The number of oxazole rings is 1. The number of carbonyl (C=O) groups is 1. The fraction of sp³-hybridized carbons (Fsp3) is 0.474. The first kappa shape index (κ1) is 15.2. The number of amides is 1. The van der Waals surface area contributed by atoms with Gasteiger partial charge in [-0.3, -0.25) is 4.79 Å². The van der Waals surface area contributed by atoms with Gasteiger partial charge in [0.05, 0.1) is 6.10 Å². The normalized spacial score (nSPS) is 17.8. The number of nitrogens with zero attached hydrogens (tertiary/aromatic N) is 1. The molecule has 5 nitrogen and oxygen atoms in total. The first-order valence-electron chi connectivity index (χ1n) is 8.79. The van der Waals surface area contributed by atoms with Crippen molar-refractivity contribution in [1.29, 1.82) is 0 Å². The topological polar surface area (TPSA) is 64.4 Å². The number of aromatic nitrogens is 1. The van der Waals surface area contributed by atoms with Crippen molar-refractivity contribution in [2.75, 3.05) is 5.32 Å². The summed E-state index contributed by atoms with van der Waals surface area (Å²) in [6, 6.07) is 7.51. The van der Waals surface area contributed by atoms with Crippen LogP contribution in [0.15, 0.2) is 34.9 Å². The summed E-state index contributed by atoms with van der Waals surface area (Å²) in [6.07, 6.45) is 9.84. The van der Waals surface area contributed by atoms with E-state index in [1.165, 1.54) is 31.9 Å². The highest BCUT2D eigenvalue weighted by Gasteiger charge is 2.24. The van der Waals surface area contributed by atoms with Crippen LogP contribution in [0.3, 0.4) is 0 Å². The van der Waals surface area contributed by atoms with Crippen LogP contribution in [-0.2, 0) is 6.42 Å². The molecule has 126 valence electrons. The molecule has 0 unspecified atom stereocenters. The van der Waals surface area contributed by atoms with Crippen LogP contribution in [0.5, 0.6) is 5.75 Å². The van der Waals surface area contributed by atoms with Crippen LogP contribution in [0.25, 0.3) is 0 Å². The predicted octanol–water partition coefficient (Wildman–Crippen LogP) is 4.20. The van der Waals surface area contributed by atoms with Crippen molar-refractivity contribution in [3.05, 3.63) is 42.1 Å². The molecule has 1 aromatic carbocycles. The Morgan fingerprint density at radius 2 is 1.92 bits per heavy atom. The molecule has 1 amide bonds. The third kappa shape index (κ3) is 3.78. The minimum Gasteiger partial charge on any atom is -0.490 e. The second-order valence-electron chi connectivity index (χ2n) is 6.78.